The molecule has 90 valence electrons. The summed E-state index contributed by atoms with van der Waals surface area (Å²) >= 11 is 1.62. The van der Waals surface area contributed by atoms with E-state index in [1.807, 2.05) is 26.0 Å². The van der Waals surface area contributed by atoms with Gasteiger partial charge in [-0.15, -0.1) is 11.8 Å². The maximum absolute atomic E-state index is 5.90. The second kappa shape index (κ2) is 5.23. The average molecular weight is 249 g/mol. The zero-order valence-corrected chi connectivity index (χ0v) is 10.8. The predicted octanol–water partition coefficient (Wildman–Crippen LogP) is 2.81. The van der Waals surface area contributed by atoms with Gasteiger partial charge in [-0.1, -0.05) is 18.1 Å². The average Bonchev–Trinajstić information content (AvgIpc) is 2.78. The molecule has 0 radical (unpaired) electrons. The van der Waals surface area contributed by atoms with E-state index in [2.05, 4.69) is 16.2 Å². The molecule has 0 aliphatic heterocycles. The fourth-order valence-electron chi connectivity index (χ4n) is 1.40. The summed E-state index contributed by atoms with van der Waals surface area (Å²) in [5.74, 6) is 2.05. The van der Waals surface area contributed by atoms with Crippen molar-refractivity contribution in [1.82, 2.24) is 10.1 Å². The van der Waals surface area contributed by atoms with Crippen LogP contribution in [0.5, 0.6) is 0 Å². The molecule has 2 rings (SSSR count). The van der Waals surface area contributed by atoms with Gasteiger partial charge in [0, 0.05) is 17.0 Å². The van der Waals surface area contributed by atoms with E-state index in [0.717, 1.165) is 22.8 Å². The number of aryl methyl sites for hydroxylation is 2. The summed E-state index contributed by atoms with van der Waals surface area (Å²) in [7, 11) is 0. The maximum atomic E-state index is 5.90. The van der Waals surface area contributed by atoms with Gasteiger partial charge < -0.3 is 10.3 Å². The lowest BCUT2D eigenvalue weighted by molar-refractivity contribution is 0.385. The number of nitrogens with zero attached hydrogens (tertiary/aromatic N) is 2. The van der Waals surface area contributed by atoms with E-state index < -0.39 is 0 Å². The molecule has 0 saturated heterocycles. The Labute approximate surface area is 105 Å². The molecular formula is C12H15N3OS. The molecule has 2 aromatic rings. The van der Waals surface area contributed by atoms with Gasteiger partial charge in [0.25, 0.3) is 0 Å². The van der Waals surface area contributed by atoms with Crippen LogP contribution in [0, 0.1) is 6.92 Å². The zero-order valence-electron chi connectivity index (χ0n) is 9.93. The van der Waals surface area contributed by atoms with Gasteiger partial charge in [0.05, 0.1) is 5.75 Å². The summed E-state index contributed by atoms with van der Waals surface area (Å²) in [4.78, 5) is 5.31. The van der Waals surface area contributed by atoms with E-state index in [1.54, 1.807) is 11.8 Å². The topological polar surface area (TPSA) is 64.9 Å². The SMILES string of the molecule is CCc1noc(CSc2cc(C)ccc2N)n1. The molecular weight excluding hydrogens is 234 g/mol. The Morgan fingerprint density at radius 2 is 2.24 bits per heavy atom. The summed E-state index contributed by atoms with van der Waals surface area (Å²) in [6.45, 7) is 4.05. The molecule has 0 amide bonds. The normalized spacial score (nSPS) is 10.7. The van der Waals surface area contributed by atoms with Gasteiger partial charge in [-0.2, -0.15) is 4.98 Å². The first-order valence-corrected chi connectivity index (χ1v) is 6.48. The van der Waals surface area contributed by atoms with Crippen molar-refractivity contribution in [3.05, 3.63) is 35.5 Å². The van der Waals surface area contributed by atoms with Gasteiger partial charge in [0.15, 0.2) is 5.82 Å². The molecule has 5 heteroatoms. The summed E-state index contributed by atoms with van der Waals surface area (Å²) in [6.07, 6.45) is 0.792. The Morgan fingerprint density at radius 3 is 2.94 bits per heavy atom. The van der Waals surface area contributed by atoms with Crippen LogP contribution in [0.1, 0.15) is 24.2 Å². The minimum Gasteiger partial charge on any atom is -0.398 e. The number of rotatable bonds is 4. The minimum atomic E-state index is 0.646. The van der Waals surface area contributed by atoms with Gasteiger partial charge in [-0.3, -0.25) is 0 Å². The Hall–Kier alpha value is -1.49. The Balaban J connectivity index is 2.04. The van der Waals surface area contributed by atoms with E-state index >= 15 is 0 Å². The van der Waals surface area contributed by atoms with Crippen LogP contribution >= 0.6 is 11.8 Å². The lowest BCUT2D eigenvalue weighted by Gasteiger charge is -2.04. The number of nitrogen functional groups attached to an aromatic ring is 1. The third-order valence-corrected chi connectivity index (χ3v) is 3.40. The summed E-state index contributed by atoms with van der Waals surface area (Å²) in [6, 6.07) is 5.99. The molecule has 1 heterocycles. The first-order chi connectivity index (χ1) is 8.19. The molecule has 0 aliphatic rings. The number of aromatic nitrogens is 2. The fraction of sp³-hybridized carbons (Fsp3) is 0.333. The van der Waals surface area contributed by atoms with Crippen LogP contribution in [0.2, 0.25) is 0 Å². The number of nitrogens with two attached hydrogens (primary N) is 1. The summed E-state index contributed by atoms with van der Waals surface area (Å²) in [5, 5.41) is 3.86. The summed E-state index contributed by atoms with van der Waals surface area (Å²) in [5.41, 5.74) is 7.88. The van der Waals surface area contributed by atoms with Crippen LogP contribution in [0.25, 0.3) is 0 Å². The lowest BCUT2D eigenvalue weighted by atomic mass is 10.2. The molecule has 1 aromatic carbocycles. The molecule has 0 unspecified atom stereocenters. The highest BCUT2D eigenvalue weighted by atomic mass is 32.2. The monoisotopic (exact) mass is 249 g/mol. The Morgan fingerprint density at radius 1 is 1.41 bits per heavy atom. The predicted molar refractivity (Wildman–Crippen MR) is 68.8 cm³/mol. The van der Waals surface area contributed by atoms with Gasteiger partial charge in [-0.05, 0) is 24.6 Å². The first-order valence-electron chi connectivity index (χ1n) is 5.49. The van der Waals surface area contributed by atoms with Crippen molar-refractivity contribution in [1.29, 1.82) is 0 Å². The van der Waals surface area contributed by atoms with Crippen LogP contribution in [0.4, 0.5) is 5.69 Å². The van der Waals surface area contributed by atoms with Crippen molar-refractivity contribution in [3.63, 3.8) is 0 Å². The van der Waals surface area contributed by atoms with Gasteiger partial charge in [0.2, 0.25) is 5.89 Å². The van der Waals surface area contributed by atoms with Gasteiger partial charge in [-0.25, -0.2) is 0 Å². The quantitative estimate of drug-likeness (QED) is 0.666. The van der Waals surface area contributed by atoms with Crippen molar-refractivity contribution < 1.29 is 4.52 Å². The Kier molecular flexibility index (Phi) is 3.68. The molecule has 0 saturated carbocycles. The van der Waals surface area contributed by atoms with Crippen LogP contribution in [-0.2, 0) is 12.2 Å². The van der Waals surface area contributed by atoms with E-state index in [9.17, 15) is 0 Å². The molecule has 0 spiro atoms. The number of hydrogen-bond donors (Lipinski definition) is 1. The molecule has 0 bridgehead atoms. The third kappa shape index (κ3) is 3.00. The Bertz CT molecular complexity index is 510. The largest absolute Gasteiger partial charge is 0.398 e. The highest BCUT2D eigenvalue weighted by molar-refractivity contribution is 7.98. The summed E-state index contributed by atoms with van der Waals surface area (Å²) < 4.78 is 5.12. The molecule has 17 heavy (non-hydrogen) atoms. The van der Waals surface area contributed by atoms with Crippen LogP contribution < -0.4 is 5.73 Å². The van der Waals surface area contributed by atoms with E-state index in [-0.39, 0.29) is 0 Å². The second-order valence-corrected chi connectivity index (χ2v) is 4.81. The van der Waals surface area contributed by atoms with Crippen LogP contribution in [0.15, 0.2) is 27.6 Å². The number of anilines is 1. The number of thioether (sulfide) groups is 1. The highest BCUT2D eigenvalue weighted by Crippen LogP contribution is 2.28. The van der Waals surface area contributed by atoms with E-state index in [4.69, 9.17) is 10.3 Å². The smallest absolute Gasteiger partial charge is 0.237 e. The third-order valence-electron chi connectivity index (χ3n) is 2.35. The molecule has 0 atom stereocenters. The van der Waals surface area contributed by atoms with Crippen molar-refractivity contribution >= 4 is 17.4 Å². The second-order valence-electron chi connectivity index (χ2n) is 3.79. The minimum absolute atomic E-state index is 0.646. The van der Waals surface area contributed by atoms with Crippen LogP contribution in [-0.4, -0.2) is 10.1 Å². The van der Waals surface area contributed by atoms with Crippen molar-refractivity contribution in [2.45, 2.75) is 30.9 Å². The lowest BCUT2D eigenvalue weighted by Crippen LogP contribution is -1.90. The van der Waals surface area contributed by atoms with E-state index in [0.29, 0.717) is 11.6 Å². The van der Waals surface area contributed by atoms with Gasteiger partial charge >= 0.3 is 0 Å². The van der Waals surface area contributed by atoms with Crippen molar-refractivity contribution in [2.75, 3.05) is 5.73 Å². The fourth-order valence-corrected chi connectivity index (χ4v) is 2.30. The molecule has 2 N–H and O–H groups in total. The van der Waals surface area contributed by atoms with Crippen LogP contribution in [0.3, 0.4) is 0 Å². The highest BCUT2D eigenvalue weighted by Gasteiger charge is 2.07. The molecule has 1 aromatic heterocycles. The number of hydrogen-bond acceptors (Lipinski definition) is 5. The standard InChI is InChI=1S/C12H15N3OS/c1-3-11-14-12(16-15-11)7-17-10-6-8(2)4-5-9(10)13/h4-6H,3,7,13H2,1-2H3. The maximum Gasteiger partial charge on any atom is 0.237 e. The molecule has 0 fully saturated rings. The first kappa shape index (κ1) is 12.0. The molecule has 0 aliphatic carbocycles. The van der Waals surface area contributed by atoms with Crippen molar-refractivity contribution in [3.8, 4) is 0 Å². The van der Waals surface area contributed by atoms with Gasteiger partial charge in [0.1, 0.15) is 0 Å². The van der Waals surface area contributed by atoms with Crippen molar-refractivity contribution in [2.24, 2.45) is 0 Å². The number of benzene rings is 1. The van der Waals surface area contributed by atoms with E-state index in [1.165, 1.54) is 5.56 Å². The molecule has 4 nitrogen and oxygen atoms in total. The zero-order chi connectivity index (χ0) is 12.3.